The van der Waals surface area contributed by atoms with Crippen LogP contribution in [0.1, 0.15) is 18.3 Å². The SMILES string of the molecule is CCOc1c(Cl)cc(CNC(=NC)NCc2ncnn2C)cc1OC.I. The molecule has 0 radical (unpaired) electrons. The molecule has 2 rings (SSSR count). The number of aliphatic imine (C=N–C) groups is 1. The highest BCUT2D eigenvalue weighted by atomic mass is 127. The molecule has 2 N–H and O–H groups in total. The molecule has 8 nitrogen and oxygen atoms in total. The van der Waals surface area contributed by atoms with Crippen molar-refractivity contribution in [1.82, 2.24) is 25.4 Å². The van der Waals surface area contributed by atoms with E-state index in [0.29, 0.717) is 42.2 Å². The van der Waals surface area contributed by atoms with Crippen molar-refractivity contribution < 1.29 is 9.47 Å². The Kier molecular flexibility index (Phi) is 9.49. The zero-order valence-corrected chi connectivity index (χ0v) is 18.3. The summed E-state index contributed by atoms with van der Waals surface area (Å²) in [6.45, 7) is 3.47. The average molecular weight is 495 g/mol. The summed E-state index contributed by atoms with van der Waals surface area (Å²) in [6.07, 6.45) is 1.52. The van der Waals surface area contributed by atoms with E-state index in [1.165, 1.54) is 6.33 Å². The third-order valence-electron chi connectivity index (χ3n) is 3.48. The molecule has 0 aliphatic heterocycles. The van der Waals surface area contributed by atoms with Crippen LogP contribution in [-0.2, 0) is 20.1 Å². The van der Waals surface area contributed by atoms with Gasteiger partial charge in [0.05, 0.1) is 25.3 Å². The smallest absolute Gasteiger partial charge is 0.191 e. The summed E-state index contributed by atoms with van der Waals surface area (Å²) in [6, 6.07) is 3.73. The predicted molar refractivity (Wildman–Crippen MR) is 113 cm³/mol. The van der Waals surface area contributed by atoms with Crippen LogP contribution in [0.5, 0.6) is 11.5 Å². The van der Waals surface area contributed by atoms with Gasteiger partial charge in [0.15, 0.2) is 17.5 Å². The first-order chi connectivity index (χ1) is 12.1. The first-order valence-electron chi connectivity index (χ1n) is 7.85. The molecule has 0 amide bonds. The van der Waals surface area contributed by atoms with Crippen LogP contribution in [0.3, 0.4) is 0 Å². The molecule has 0 aliphatic rings. The van der Waals surface area contributed by atoms with Gasteiger partial charge in [-0.2, -0.15) is 5.10 Å². The summed E-state index contributed by atoms with van der Waals surface area (Å²) in [5, 5.41) is 11.0. The minimum atomic E-state index is 0. The molecule has 2 aromatic rings. The maximum absolute atomic E-state index is 6.29. The van der Waals surface area contributed by atoms with Crippen molar-refractivity contribution in [2.24, 2.45) is 12.0 Å². The van der Waals surface area contributed by atoms with Crippen LogP contribution < -0.4 is 20.1 Å². The summed E-state index contributed by atoms with van der Waals surface area (Å²) >= 11 is 6.29. The first-order valence-corrected chi connectivity index (χ1v) is 8.23. The zero-order chi connectivity index (χ0) is 18.2. The van der Waals surface area contributed by atoms with E-state index in [2.05, 4.69) is 25.7 Å². The van der Waals surface area contributed by atoms with Crippen molar-refractivity contribution in [3.63, 3.8) is 0 Å². The zero-order valence-electron chi connectivity index (χ0n) is 15.2. The van der Waals surface area contributed by atoms with Crippen molar-refractivity contribution in [1.29, 1.82) is 0 Å². The molecule has 1 aromatic heterocycles. The Balaban J connectivity index is 0.00000338. The highest BCUT2D eigenvalue weighted by Crippen LogP contribution is 2.36. The number of aryl methyl sites for hydroxylation is 1. The van der Waals surface area contributed by atoms with Crippen LogP contribution in [0.15, 0.2) is 23.5 Å². The molecular formula is C16H24ClIN6O2. The Labute approximate surface area is 175 Å². The Morgan fingerprint density at radius 2 is 2.04 bits per heavy atom. The molecule has 0 spiro atoms. The summed E-state index contributed by atoms with van der Waals surface area (Å²) in [4.78, 5) is 8.35. The third kappa shape index (κ3) is 5.90. The number of hydrogen-bond acceptors (Lipinski definition) is 5. The van der Waals surface area contributed by atoms with Crippen molar-refractivity contribution in [2.45, 2.75) is 20.0 Å². The first kappa shape index (κ1) is 22.3. The van der Waals surface area contributed by atoms with Crippen LogP contribution >= 0.6 is 35.6 Å². The van der Waals surface area contributed by atoms with Gasteiger partial charge in [0.25, 0.3) is 0 Å². The fourth-order valence-electron chi connectivity index (χ4n) is 2.21. The topological polar surface area (TPSA) is 85.6 Å². The van der Waals surface area contributed by atoms with Gasteiger partial charge in [0.1, 0.15) is 12.2 Å². The van der Waals surface area contributed by atoms with Crippen molar-refractivity contribution in [2.75, 3.05) is 20.8 Å². The maximum Gasteiger partial charge on any atom is 0.191 e. The van der Waals surface area contributed by atoms with Gasteiger partial charge in [-0.1, -0.05) is 11.6 Å². The lowest BCUT2D eigenvalue weighted by atomic mass is 10.2. The molecule has 0 fully saturated rings. The Morgan fingerprint density at radius 1 is 1.31 bits per heavy atom. The molecule has 26 heavy (non-hydrogen) atoms. The quantitative estimate of drug-likeness (QED) is 0.349. The van der Waals surface area contributed by atoms with Crippen molar-refractivity contribution >= 4 is 41.5 Å². The number of benzene rings is 1. The van der Waals surface area contributed by atoms with E-state index in [4.69, 9.17) is 21.1 Å². The number of methoxy groups -OCH3 is 1. The van der Waals surface area contributed by atoms with E-state index in [9.17, 15) is 0 Å². The molecule has 0 bridgehead atoms. The Morgan fingerprint density at radius 3 is 2.62 bits per heavy atom. The number of ether oxygens (including phenoxy) is 2. The van der Waals surface area contributed by atoms with E-state index >= 15 is 0 Å². The molecule has 0 atom stereocenters. The van der Waals surface area contributed by atoms with Crippen molar-refractivity contribution in [3.8, 4) is 11.5 Å². The van der Waals surface area contributed by atoms with Gasteiger partial charge in [0, 0.05) is 20.6 Å². The van der Waals surface area contributed by atoms with E-state index in [0.717, 1.165) is 11.4 Å². The molecule has 0 aliphatic carbocycles. The number of rotatable bonds is 7. The lowest BCUT2D eigenvalue weighted by Crippen LogP contribution is -2.36. The fraction of sp³-hybridized carbons (Fsp3) is 0.438. The predicted octanol–water partition coefficient (Wildman–Crippen LogP) is 2.36. The molecule has 0 saturated carbocycles. The fourth-order valence-corrected chi connectivity index (χ4v) is 2.50. The number of nitrogens with one attached hydrogen (secondary N) is 2. The number of nitrogens with zero attached hydrogens (tertiary/aromatic N) is 4. The second kappa shape index (κ2) is 11.1. The minimum Gasteiger partial charge on any atom is -0.493 e. The number of guanidine groups is 1. The molecule has 0 saturated heterocycles. The summed E-state index contributed by atoms with van der Waals surface area (Å²) in [5.41, 5.74) is 0.951. The Hall–Kier alpha value is -1.75. The molecule has 10 heteroatoms. The highest BCUT2D eigenvalue weighted by Gasteiger charge is 2.12. The van der Waals surface area contributed by atoms with Gasteiger partial charge in [0.2, 0.25) is 0 Å². The lowest BCUT2D eigenvalue weighted by molar-refractivity contribution is 0.311. The van der Waals surface area contributed by atoms with Gasteiger partial charge < -0.3 is 20.1 Å². The molecule has 1 heterocycles. The standard InChI is InChI=1S/C16H23ClN6O2.HI/c1-5-25-15-12(17)6-11(7-13(15)24-4)8-19-16(18-2)20-9-14-21-10-22-23(14)3;/h6-7,10H,5,8-9H2,1-4H3,(H2,18,19,20);1H. The monoisotopic (exact) mass is 494 g/mol. The summed E-state index contributed by atoms with van der Waals surface area (Å²) < 4.78 is 12.6. The van der Waals surface area contributed by atoms with Gasteiger partial charge in [-0.05, 0) is 24.6 Å². The second-order valence-electron chi connectivity index (χ2n) is 5.12. The van der Waals surface area contributed by atoms with Gasteiger partial charge in [-0.3, -0.25) is 9.67 Å². The number of halogens is 2. The minimum absolute atomic E-state index is 0. The van der Waals surface area contributed by atoms with Gasteiger partial charge in [-0.15, -0.1) is 24.0 Å². The van der Waals surface area contributed by atoms with Crippen molar-refractivity contribution in [3.05, 3.63) is 34.9 Å². The summed E-state index contributed by atoms with van der Waals surface area (Å²) in [7, 11) is 5.14. The third-order valence-corrected chi connectivity index (χ3v) is 3.76. The summed E-state index contributed by atoms with van der Waals surface area (Å²) in [5.74, 6) is 2.62. The molecule has 1 aromatic carbocycles. The van der Waals surface area contributed by atoms with Crippen LogP contribution in [0.25, 0.3) is 0 Å². The Bertz CT molecular complexity index is 738. The van der Waals surface area contributed by atoms with Crippen LogP contribution in [0, 0.1) is 0 Å². The maximum atomic E-state index is 6.29. The number of aromatic nitrogens is 3. The van der Waals surface area contributed by atoms with Crippen LogP contribution in [0.4, 0.5) is 0 Å². The van der Waals surface area contributed by atoms with Crippen LogP contribution in [-0.4, -0.2) is 41.5 Å². The molecule has 144 valence electrons. The second-order valence-corrected chi connectivity index (χ2v) is 5.53. The van der Waals surface area contributed by atoms with E-state index in [1.54, 1.807) is 18.8 Å². The van der Waals surface area contributed by atoms with Gasteiger partial charge in [-0.25, -0.2) is 4.98 Å². The largest absolute Gasteiger partial charge is 0.493 e. The number of hydrogen-bond donors (Lipinski definition) is 2. The van der Waals surface area contributed by atoms with E-state index < -0.39 is 0 Å². The average Bonchev–Trinajstić information content (AvgIpc) is 3.02. The van der Waals surface area contributed by atoms with E-state index in [1.807, 2.05) is 26.1 Å². The molecule has 0 unspecified atom stereocenters. The van der Waals surface area contributed by atoms with Gasteiger partial charge >= 0.3 is 0 Å². The molecular weight excluding hydrogens is 471 g/mol. The normalized spacial score (nSPS) is 10.9. The van der Waals surface area contributed by atoms with Crippen LogP contribution in [0.2, 0.25) is 5.02 Å². The lowest BCUT2D eigenvalue weighted by Gasteiger charge is -2.15. The van der Waals surface area contributed by atoms with E-state index in [-0.39, 0.29) is 24.0 Å². The highest BCUT2D eigenvalue weighted by molar-refractivity contribution is 14.0.